The Morgan fingerprint density at radius 1 is 0.448 bits per heavy atom. The summed E-state index contributed by atoms with van der Waals surface area (Å²) in [5, 5.41) is 66.9. The van der Waals surface area contributed by atoms with E-state index < -0.39 is 197 Å². The number of carbonyl (C=O) groups excluding carboxylic acids is 13. The van der Waals surface area contributed by atoms with E-state index in [-0.39, 0.29) is 68.2 Å². The van der Waals surface area contributed by atoms with Crippen LogP contribution in [0.3, 0.4) is 0 Å². The molecule has 584 valence electrons. The number of amides is 13. The van der Waals surface area contributed by atoms with Crippen LogP contribution < -0.4 is 80.6 Å². The van der Waals surface area contributed by atoms with Crippen LogP contribution in [-0.2, 0) is 75.2 Å². The van der Waals surface area contributed by atoms with Gasteiger partial charge in [-0.3, -0.25) is 67.3 Å². The lowest BCUT2D eigenvalue weighted by Crippen LogP contribution is -2.64. The minimum absolute atomic E-state index is 0.0339. The van der Waals surface area contributed by atoms with Crippen LogP contribution in [-0.4, -0.2) is 201 Å². The van der Waals surface area contributed by atoms with Gasteiger partial charge in [-0.1, -0.05) is 138 Å². The van der Waals surface area contributed by atoms with E-state index in [0.29, 0.717) is 11.1 Å². The molecule has 33 heteroatoms. The number of allylic oxidation sites excluding steroid dienone is 1. The van der Waals surface area contributed by atoms with Gasteiger partial charge in [-0.25, -0.2) is 0 Å². The van der Waals surface area contributed by atoms with Crippen molar-refractivity contribution in [1.29, 1.82) is 0 Å². The molecule has 1 fully saturated rings. The SMILES string of the molecule is CC=C1NC(=O)C(C(C)C)NC(=O)C(Cc2ccccc2)NC(=O)C(C(C)C)NC(=O)C(C(C)C)NC(=O)C(C(C)C)NC(=O)C(C(C)O)NC(=O)C(C(C)CC)NC(=O)C(C(C)O)NC(=O)C(C(C)C)NC(=O)C(CCSC)NC(=O)C(Cc2cccc(O)c2)NC(=O)C(CCCN=C(N)N)NC1=O. The number of nitrogens with one attached hydrogen (secondary N) is 13. The van der Waals surface area contributed by atoms with Gasteiger partial charge in [0.25, 0.3) is 5.91 Å². The summed E-state index contributed by atoms with van der Waals surface area (Å²) in [4.78, 5) is 193. The van der Waals surface area contributed by atoms with E-state index >= 15 is 0 Å². The highest BCUT2D eigenvalue weighted by Crippen LogP contribution is 2.18. The first-order valence-corrected chi connectivity index (χ1v) is 37.0. The Morgan fingerprint density at radius 2 is 0.800 bits per heavy atom. The standard InChI is InChI=1S/C72H114N16O16S/c1-17-40(13)56-69(102)88-57(41(14)89)70(103)85-55(39(11)12)67(100)84-54(38(9)10)66(99)83-52(36(5)6)65(98)80-49(33-43-24-20-19-21-25-43)63(96)82-51(35(3)4)64(97)76-46(18-2)59(92)77-47(28-23-30-75-72(73)74)60(93)79-50(34-44-26-22-27-45(91)32-44)62(95)78-48(29-31-105-16)61(94)81-53(37(7)8)68(101)87-58(42(15)90)71(104)86-56/h18-22,24-27,32,35-42,47-58,89-91H,17,23,28-31,33-34H2,1-16H3,(H,76,97)(H,77,92)(H,78,95)(H,79,93)(H,80,98)(H,81,94)(H,82,96)(H,83,99)(H,84,100)(H,85,103)(H,86,104)(H,87,101)(H,88,102)(H4,73,74,75). The van der Waals surface area contributed by atoms with E-state index in [1.165, 1.54) is 56.8 Å². The Balaban J connectivity index is 2.32. The fourth-order valence-electron chi connectivity index (χ4n) is 11.1. The number of hydrogen-bond donors (Lipinski definition) is 18. The van der Waals surface area contributed by atoms with Crippen LogP contribution in [0.4, 0.5) is 0 Å². The van der Waals surface area contributed by atoms with Crippen molar-refractivity contribution in [3.63, 3.8) is 0 Å². The van der Waals surface area contributed by atoms with E-state index in [1.54, 1.807) is 126 Å². The molecule has 1 heterocycles. The summed E-state index contributed by atoms with van der Waals surface area (Å²) in [6.07, 6.45) is -0.686. The van der Waals surface area contributed by atoms with Crippen molar-refractivity contribution in [2.24, 2.45) is 52.0 Å². The summed E-state index contributed by atoms with van der Waals surface area (Å²) in [7, 11) is 0. The summed E-state index contributed by atoms with van der Waals surface area (Å²) >= 11 is 1.31. The minimum atomic E-state index is -1.80. The number of carbonyl (C=O) groups is 13. The Morgan fingerprint density at radius 3 is 1.23 bits per heavy atom. The zero-order valence-electron chi connectivity index (χ0n) is 63.1. The molecule has 0 radical (unpaired) electrons. The number of guanidine groups is 1. The Kier molecular flexibility index (Phi) is 37.5. The van der Waals surface area contributed by atoms with Crippen LogP contribution in [0.2, 0.25) is 0 Å². The van der Waals surface area contributed by atoms with Gasteiger partial charge < -0.3 is 95.9 Å². The summed E-state index contributed by atoms with van der Waals surface area (Å²) in [6, 6.07) is -3.70. The van der Waals surface area contributed by atoms with Crippen molar-refractivity contribution >= 4 is 94.5 Å². The van der Waals surface area contributed by atoms with Gasteiger partial charge in [-0.15, -0.1) is 0 Å². The molecule has 2 aromatic carbocycles. The second-order valence-electron chi connectivity index (χ2n) is 28.2. The van der Waals surface area contributed by atoms with Gasteiger partial charge in [0.15, 0.2) is 5.96 Å². The molecule has 1 aliphatic rings. The van der Waals surface area contributed by atoms with Gasteiger partial charge in [-0.2, -0.15) is 11.8 Å². The molecule has 0 bridgehead atoms. The fourth-order valence-corrected chi connectivity index (χ4v) is 11.6. The first kappa shape index (κ1) is 89.8. The number of hydrogen-bond acceptors (Lipinski definition) is 18. The van der Waals surface area contributed by atoms with Crippen LogP contribution in [0.5, 0.6) is 5.75 Å². The van der Waals surface area contributed by atoms with Crippen molar-refractivity contribution in [2.75, 3.05) is 18.6 Å². The van der Waals surface area contributed by atoms with E-state index in [2.05, 4.69) is 74.1 Å². The summed E-state index contributed by atoms with van der Waals surface area (Å²) in [5.74, 6) is -16.5. The molecule has 15 unspecified atom stereocenters. The molecular weight excluding hydrogens is 1380 g/mol. The normalized spacial score (nSPS) is 25.7. The molecule has 2 aromatic rings. The number of thioether (sulfide) groups is 1. The smallest absolute Gasteiger partial charge is 0.268 e. The number of rotatable bonds is 20. The van der Waals surface area contributed by atoms with Crippen molar-refractivity contribution in [3.05, 3.63) is 77.5 Å². The zero-order valence-corrected chi connectivity index (χ0v) is 64.0. The van der Waals surface area contributed by atoms with Crippen LogP contribution >= 0.6 is 11.8 Å². The highest BCUT2D eigenvalue weighted by molar-refractivity contribution is 7.98. The van der Waals surface area contributed by atoms with Crippen molar-refractivity contribution in [2.45, 2.75) is 227 Å². The second kappa shape index (κ2) is 43.8. The summed E-state index contributed by atoms with van der Waals surface area (Å²) in [5.41, 5.74) is 11.7. The topological polar surface area (TPSA) is 503 Å². The number of aliphatic hydroxyl groups is 2. The number of nitrogens with two attached hydrogens (primary N) is 2. The van der Waals surface area contributed by atoms with Gasteiger partial charge in [-0.05, 0) is 111 Å². The molecule has 32 nitrogen and oxygen atoms in total. The Bertz CT molecular complexity index is 3370. The maximum Gasteiger partial charge on any atom is 0.268 e. The lowest BCUT2D eigenvalue weighted by Gasteiger charge is -2.32. The molecule has 15 atom stereocenters. The molecule has 0 spiro atoms. The third-order valence-corrected chi connectivity index (χ3v) is 18.3. The molecular formula is C72H114N16O16S. The van der Waals surface area contributed by atoms with Gasteiger partial charge >= 0.3 is 0 Å². The highest BCUT2D eigenvalue weighted by atomic mass is 32.2. The molecule has 13 amide bonds. The number of phenolic OH excluding ortho intramolecular Hbond substituents is 1. The monoisotopic (exact) mass is 1490 g/mol. The minimum Gasteiger partial charge on any atom is -0.508 e. The van der Waals surface area contributed by atoms with E-state index in [1.807, 2.05) is 0 Å². The first-order valence-electron chi connectivity index (χ1n) is 35.6. The van der Waals surface area contributed by atoms with E-state index in [9.17, 15) is 77.6 Å². The lowest BCUT2D eigenvalue weighted by atomic mass is 9.96. The molecule has 20 N–H and O–H groups in total. The van der Waals surface area contributed by atoms with Crippen molar-refractivity contribution < 1.29 is 77.6 Å². The van der Waals surface area contributed by atoms with Gasteiger partial charge in [0.05, 0.1) is 12.2 Å². The van der Waals surface area contributed by atoms with Crippen LogP contribution in [0.15, 0.2) is 71.4 Å². The van der Waals surface area contributed by atoms with Gasteiger partial charge in [0.1, 0.15) is 83.9 Å². The molecule has 105 heavy (non-hydrogen) atoms. The lowest BCUT2D eigenvalue weighted by molar-refractivity contribution is -0.139. The number of aliphatic hydroxyl groups excluding tert-OH is 2. The highest BCUT2D eigenvalue weighted by Gasteiger charge is 2.41. The van der Waals surface area contributed by atoms with Crippen LogP contribution in [0.1, 0.15) is 141 Å². The molecule has 0 saturated carbocycles. The summed E-state index contributed by atoms with van der Waals surface area (Å²) in [6.45, 7) is 23.1. The number of nitrogens with zero attached hydrogens (tertiary/aromatic N) is 1. The average Bonchev–Trinajstić information content (AvgIpc) is 0.829. The van der Waals surface area contributed by atoms with Crippen molar-refractivity contribution in [1.82, 2.24) is 69.1 Å². The molecule has 1 aliphatic heterocycles. The van der Waals surface area contributed by atoms with Crippen LogP contribution in [0, 0.1) is 35.5 Å². The predicted molar refractivity (Wildman–Crippen MR) is 397 cm³/mol. The van der Waals surface area contributed by atoms with E-state index in [4.69, 9.17) is 11.5 Å². The van der Waals surface area contributed by atoms with Gasteiger partial charge in [0.2, 0.25) is 70.9 Å². The number of phenols is 1. The maximum atomic E-state index is 14.8. The van der Waals surface area contributed by atoms with Gasteiger partial charge in [0, 0.05) is 19.4 Å². The Hall–Kier alpha value is -9.37. The number of aromatic hydroxyl groups is 1. The third-order valence-electron chi connectivity index (χ3n) is 17.7. The van der Waals surface area contributed by atoms with Crippen molar-refractivity contribution in [3.8, 4) is 5.75 Å². The second-order valence-corrected chi connectivity index (χ2v) is 29.2. The number of aliphatic imine (C=N–C) groups is 1. The Labute approximate surface area is 619 Å². The first-order chi connectivity index (χ1) is 49.3. The van der Waals surface area contributed by atoms with Crippen LogP contribution in [0.25, 0.3) is 0 Å². The molecule has 1 saturated heterocycles. The average molecular weight is 1490 g/mol. The number of benzene rings is 2. The maximum absolute atomic E-state index is 14.8. The largest absolute Gasteiger partial charge is 0.508 e. The quantitative estimate of drug-likeness (QED) is 0.0325. The zero-order chi connectivity index (χ0) is 79.3. The molecule has 0 aliphatic carbocycles. The fraction of sp³-hybridized carbons (Fsp3) is 0.611. The third kappa shape index (κ3) is 28.9. The van der Waals surface area contributed by atoms with E-state index in [0.717, 1.165) is 0 Å². The molecule has 0 aromatic heterocycles. The predicted octanol–water partition coefficient (Wildman–Crippen LogP) is -1.08. The summed E-state index contributed by atoms with van der Waals surface area (Å²) < 4.78 is 0. The molecule has 3 rings (SSSR count).